The quantitative estimate of drug-likeness (QED) is 0.662. The van der Waals surface area contributed by atoms with E-state index in [2.05, 4.69) is 18.7 Å². The molecule has 2 bridgehead atoms. The first kappa shape index (κ1) is 10.0. The average Bonchev–Trinajstić information content (AvgIpc) is 2.60. The van der Waals surface area contributed by atoms with Crippen LogP contribution in [-0.2, 0) is 4.79 Å². The number of amides is 1. The van der Waals surface area contributed by atoms with Gasteiger partial charge in [-0.15, -0.1) is 0 Å². The van der Waals surface area contributed by atoms with Gasteiger partial charge in [-0.25, -0.2) is 0 Å². The fraction of sp³-hybridized carbons (Fsp3) is 0.917. The molecule has 1 aliphatic carbocycles. The second-order valence-corrected chi connectivity index (χ2v) is 5.45. The van der Waals surface area contributed by atoms with Gasteiger partial charge in [0.1, 0.15) is 0 Å². The maximum Gasteiger partial charge on any atom is 0.219 e. The largest absolute Gasteiger partial charge is 0.340 e. The Bertz CT molecular complexity index is 236. The Morgan fingerprint density at radius 1 is 1.43 bits per heavy atom. The molecule has 2 aliphatic rings. The van der Waals surface area contributed by atoms with Crippen molar-refractivity contribution in [1.29, 1.82) is 0 Å². The Kier molecular flexibility index (Phi) is 2.54. The van der Waals surface area contributed by atoms with Gasteiger partial charge in [-0.05, 0) is 37.0 Å². The van der Waals surface area contributed by atoms with Crippen LogP contribution >= 0.6 is 0 Å². The minimum atomic E-state index is 0.278. The van der Waals surface area contributed by atoms with E-state index >= 15 is 0 Å². The van der Waals surface area contributed by atoms with E-state index in [0.29, 0.717) is 6.04 Å². The molecule has 1 saturated heterocycles. The molecule has 3 unspecified atom stereocenters. The molecule has 0 aromatic heterocycles. The fourth-order valence-corrected chi connectivity index (χ4v) is 3.34. The van der Waals surface area contributed by atoms with Crippen LogP contribution in [0.1, 0.15) is 40.0 Å². The molecule has 2 heteroatoms. The molecule has 0 aromatic rings. The van der Waals surface area contributed by atoms with Gasteiger partial charge in [0.25, 0.3) is 0 Å². The number of hydrogen-bond donors (Lipinski definition) is 0. The summed E-state index contributed by atoms with van der Waals surface area (Å²) in [5.41, 5.74) is 0. The van der Waals surface area contributed by atoms with Crippen LogP contribution in [-0.4, -0.2) is 23.4 Å². The van der Waals surface area contributed by atoms with Gasteiger partial charge in [0.05, 0.1) is 0 Å². The van der Waals surface area contributed by atoms with Crippen molar-refractivity contribution in [3.8, 4) is 0 Å². The van der Waals surface area contributed by atoms with E-state index in [1.165, 1.54) is 19.3 Å². The topological polar surface area (TPSA) is 20.3 Å². The second kappa shape index (κ2) is 3.56. The smallest absolute Gasteiger partial charge is 0.219 e. The molecule has 14 heavy (non-hydrogen) atoms. The lowest BCUT2D eigenvalue weighted by molar-refractivity contribution is -0.130. The summed E-state index contributed by atoms with van der Waals surface area (Å²) >= 11 is 0. The Hall–Kier alpha value is -0.530. The van der Waals surface area contributed by atoms with Gasteiger partial charge in [0.2, 0.25) is 5.91 Å². The molecule has 3 atom stereocenters. The zero-order valence-electron chi connectivity index (χ0n) is 9.49. The van der Waals surface area contributed by atoms with Crippen molar-refractivity contribution in [2.45, 2.75) is 46.1 Å². The van der Waals surface area contributed by atoms with E-state index in [1.54, 1.807) is 6.92 Å². The molecule has 1 aliphatic heterocycles. The van der Waals surface area contributed by atoms with Crippen LogP contribution in [0.5, 0.6) is 0 Å². The fourth-order valence-electron chi connectivity index (χ4n) is 3.34. The molecule has 1 heterocycles. The summed E-state index contributed by atoms with van der Waals surface area (Å²) < 4.78 is 0. The summed E-state index contributed by atoms with van der Waals surface area (Å²) in [5, 5.41) is 0. The number of likely N-dealkylation sites (tertiary alicyclic amines) is 1. The van der Waals surface area contributed by atoms with Crippen molar-refractivity contribution in [2.24, 2.45) is 17.8 Å². The summed E-state index contributed by atoms with van der Waals surface area (Å²) in [6.07, 6.45) is 3.90. The molecule has 0 radical (unpaired) electrons. The highest BCUT2D eigenvalue weighted by Crippen LogP contribution is 2.44. The van der Waals surface area contributed by atoms with E-state index in [-0.39, 0.29) is 5.91 Å². The van der Waals surface area contributed by atoms with Crippen molar-refractivity contribution in [3.63, 3.8) is 0 Å². The van der Waals surface area contributed by atoms with Crippen LogP contribution in [0.4, 0.5) is 0 Å². The van der Waals surface area contributed by atoms with Crippen LogP contribution in [0.3, 0.4) is 0 Å². The van der Waals surface area contributed by atoms with Crippen LogP contribution in [0.2, 0.25) is 0 Å². The van der Waals surface area contributed by atoms with Gasteiger partial charge in [-0.2, -0.15) is 0 Å². The zero-order valence-corrected chi connectivity index (χ0v) is 9.49. The maximum atomic E-state index is 11.3. The number of carbonyl (C=O) groups excluding carboxylic acids is 1. The molecule has 2 fully saturated rings. The van der Waals surface area contributed by atoms with E-state index in [0.717, 1.165) is 24.3 Å². The minimum absolute atomic E-state index is 0.278. The molecule has 2 nitrogen and oxygen atoms in total. The third-order valence-corrected chi connectivity index (χ3v) is 3.87. The highest BCUT2D eigenvalue weighted by molar-refractivity contribution is 5.74. The van der Waals surface area contributed by atoms with Gasteiger partial charge in [-0.1, -0.05) is 13.8 Å². The molecule has 0 aromatic carbocycles. The molecule has 0 N–H and O–H groups in total. The first-order chi connectivity index (χ1) is 6.58. The number of piperidine rings is 1. The van der Waals surface area contributed by atoms with Crippen LogP contribution in [0, 0.1) is 17.8 Å². The first-order valence-electron chi connectivity index (χ1n) is 5.85. The Balaban J connectivity index is 1.93. The molecular weight excluding hydrogens is 174 g/mol. The standard InChI is InChI=1S/C12H21NO/c1-8(2)4-10-5-12-6-11(10)7-13(12)9(3)14/h8,10-12H,4-7H2,1-3H3. The lowest BCUT2D eigenvalue weighted by Gasteiger charge is -2.31. The highest BCUT2D eigenvalue weighted by atomic mass is 16.2. The van der Waals surface area contributed by atoms with Crippen molar-refractivity contribution in [3.05, 3.63) is 0 Å². The molecule has 1 saturated carbocycles. The number of fused-ring (bicyclic) bond motifs is 2. The Morgan fingerprint density at radius 3 is 2.57 bits per heavy atom. The number of hydrogen-bond acceptors (Lipinski definition) is 1. The SMILES string of the molecule is CC(=O)N1CC2CC1CC2CC(C)C. The monoisotopic (exact) mass is 195 g/mol. The molecule has 1 amide bonds. The predicted octanol–water partition coefficient (Wildman–Crippen LogP) is 2.29. The average molecular weight is 195 g/mol. The van der Waals surface area contributed by atoms with Crippen LogP contribution in [0.25, 0.3) is 0 Å². The highest BCUT2D eigenvalue weighted by Gasteiger charge is 2.45. The second-order valence-electron chi connectivity index (χ2n) is 5.45. The Morgan fingerprint density at radius 2 is 2.14 bits per heavy atom. The molecular formula is C12H21NO. The van der Waals surface area contributed by atoms with Gasteiger partial charge < -0.3 is 4.90 Å². The van der Waals surface area contributed by atoms with Crippen molar-refractivity contribution >= 4 is 5.91 Å². The normalized spacial score (nSPS) is 35.7. The van der Waals surface area contributed by atoms with Crippen molar-refractivity contribution in [1.82, 2.24) is 4.90 Å². The van der Waals surface area contributed by atoms with Gasteiger partial charge in [-0.3, -0.25) is 4.79 Å². The van der Waals surface area contributed by atoms with E-state index < -0.39 is 0 Å². The summed E-state index contributed by atoms with van der Waals surface area (Å²) in [4.78, 5) is 13.4. The number of rotatable bonds is 2. The zero-order chi connectivity index (χ0) is 10.3. The van der Waals surface area contributed by atoms with E-state index in [9.17, 15) is 4.79 Å². The van der Waals surface area contributed by atoms with Gasteiger partial charge >= 0.3 is 0 Å². The summed E-state index contributed by atoms with van der Waals surface area (Å²) in [6, 6.07) is 0.584. The van der Waals surface area contributed by atoms with Crippen LogP contribution in [0.15, 0.2) is 0 Å². The summed E-state index contributed by atoms with van der Waals surface area (Å²) in [7, 11) is 0. The summed E-state index contributed by atoms with van der Waals surface area (Å²) in [6.45, 7) is 7.35. The van der Waals surface area contributed by atoms with Gasteiger partial charge in [0, 0.05) is 19.5 Å². The Labute approximate surface area is 86.7 Å². The number of carbonyl (C=O) groups is 1. The predicted molar refractivity (Wildman–Crippen MR) is 56.8 cm³/mol. The van der Waals surface area contributed by atoms with Crippen molar-refractivity contribution in [2.75, 3.05) is 6.54 Å². The van der Waals surface area contributed by atoms with Crippen LogP contribution < -0.4 is 0 Å². The lowest BCUT2D eigenvalue weighted by Crippen LogP contribution is -2.38. The van der Waals surface area contributed by atoms with Gasteiger partial charge in [0.15, 0.2) is 0 Å². The first-order valence-corrected chi connectivity index (χ1v) is 5.85. The van der Waals surface area contributed by atoms with E-state index in [4.69, 9.17) is 0 Å². The third-order valence-electron chi connectivity index (χ3n) is 3.87. The minimum Gasteiger partial charge on any atom is -0.340 e. The lowest BCUT2D eigenvalue weighted by atomic mass is 9.87. The maximum absolute atomic E-state index is 11.3. The molecule has 2 rings (SSSR count). The summed E-state index contributed by atoms with van der Waals surface area (Å²) in [5.74, 6) is 2.80. The van der Waals surface area contributed by atoms with E-state index in [1.807, 2.05) is 0 Å². The third kappa shape index (κ3) is 1.67. The van der Waals surface area contributed by atoms with Crippen molar-refractivity contribution < 1.29 is 4.79 Å². The molecule has 80 valence electrons. The number of nitrogens with zero attached hydrogens (tertiary/aromatic N) is 1. The molecule has 0 spiro atoms.